The van der Waals surface area contributed by atoms with E-state index in [-0.39, 0.29) is 51.4 Å². The van der Waals surface area contributed by atoms with E-state index in [0.717, 1.165) is 38.5 Å². The predicted octanol–water partition coefficient (Wildman–Crippen LogP) is 4.83. The zero-order chi connectivity index (χ0) is 25.6. The van der Waals surface area contributed by atoms with Gasteiger partial charge in [0.15, 0.2) is 5.78 Å². The zero-order valence-electron chi connectivity index (χ0n) is 22.6. The molecule has 0 aromatic heterocycles. The molecule has 0 aromatic carbocycles. The number of hydrogen-bond acceptors (Lipinski definition) is 5. The van der Waals surface area contributed by atoms with Gasteiger partial charge in [-0.25, -0.2) is 0 Å². The molecule has 0 radical (unpaired) electrons. The molecule has 0 aromatic rings. The molecule has 5 aliphatic carbocycles. The molecule has 0 spiro atoms. The van der Waals surface area contributed by atoms with E-state index in [1.807, 2.05) is 13.0 Å². The third-order valence-corrected chi connectivity index (χ3v) is 13.5. The fraction of sp³-hybridized carbons (Fsp3) is 0.867. The van der Waals surface area contributed by atoms with Crippen LogP contribution in [0.5, 0.6) is 0 Å². The van der Waals surface area contributed by atoms with Crippen molar-refractivity contribution in [3.8, 4) is 0 Å². The van der Waals surface area contributed by atoms with Gasteiger partial charge in [-0.05, 0) is 91.4 Å². The second-order valence-corrected chi connectivity index (χ2v) is 15.1. The van der Waals surface area contributed by atoms with Gasteiger partial charge < -0.3 is 14.9 Å². The number of fused-ring (bicyclic) bond motifs is 8. The highest BCUT2D eigenvalue weighted by atomic mass is 16.6. The van der Waals surface area contributed by atoms with Crippen molar-refractivity contribution in [2.75, 3.05) is 0 Å². The van der Waals surface area contributed by atoms with Crippen LogP contribution < -0.4 is 0 Å². The molecule has 0 amide bonds. The number of aliphatic hydroxyl groups excluding tert-OH is 2. The molecule has 35 heavy (non-hydrogen) atoms. The van der Waals surface area contributed by atoms with Crippen molar-refractivity contribution in [3.05, 3.63) is 11.6 Å². The number of hydrogen-bond donors (Lipinski definition) is 2. The summed E-state index contributed by atoms with van der Waals surface area (Å²) in [5.74, 6) is 0.278. The van der Waals surface area contributed by atoms with Crippen LogP contribution in [0.3, 0.4) is 0 Å². The average molecular weight is 485 g/mol. The van der Waals surface area contributed by atoms with Crippen LogP contribution in [0.1, 0.15) is 93.4 Å². The molecule has 0 bridgehead atoms. The molecule has 1 heterocycles. The minimum absolute atomic E-state index is 0.00206. The third-order valence-electron chi connectivity index (χ3n) is 13.5. The van der Waals surface area contributed by atoms with E-state index >= 15 is 0 Å². The molecular weight excluding hydrogens is 440 g/mol. The van der Waals surface area contributed by atoms with Crippen LogP contribution >= 0.6 is 0 Å². The molecule has 1 unspecified atom stereocenters. The Morgan fingerprint density at radius 3 is 2.23 bits per heavy atom. The zero-order valence-corrected chi connectivity index (χ0v) is 22.6. The summed E-state index contributed by atoms with van der Waals surface area (Å²) >= 11 is 0. The van der Waals surface area contributed by atoms with E-state index in [1.165, 1.54) is 5.57 Å². The average Bonchev–Trinajstić information content (AvgIpc) is 2.77. The summed E-state index contributed by atoms with van der Waals surface area (Å²) in [6.07, 6.45) is 6.62. The van der Waals surface area contributed by atoms with E-state index in [9.17, 15) is 19.8 Å². The van der Waals surface area contributed by atoms with Crippen molar-refractivity contribution in [3.63, 3.8) is 0 Å². The number of carbonyl (C=O) groups excluding carboxylic acids is 2. The van der Waals surface area contributed by atoms with Crippen LogP contribution in [-0.4, -0.2) is 40.3 Å². The lowest BCUT2D eigenvalue weighted by molar-refractivity contribution is -0.266. The van der Waals surface area contributed by atoms with Gasteiger partial charge in [0.2, 0.25) is 0 Å². The van der Waals surface area contributed by atoms with Gasteiger partial charge >= 0.3 is 5.97 Å². The first-order chi connectivity index (χ1) is 16.1. The maximum atomic E-state index is 14.3. The first-order valence-corrected chi connectivity index (χ1v) is 13.9. The van der Waals surface area contributed by atoms with E-state index < -0.39 is 23.0 Å². The number of ether oxygens (including phenoxy) is 1. The van der Waals surface area contributed by atoms with Crippen LogP contribution in [0.25, 0.3) is 0 Å². The minimum Gasteiger partial charge on any atom is -0.458 e. The van der Waals surface area contributed by atoms with Gasteiger partial charge in [-0.2, -0.15) is 0 Å². The van der Waals surface area contributed by atoms with E-state index in [4.69, 9.17) is 4.74 Å². The summed E-state index contributed by atoms with van der Waals surface area (Å²) in [6.45, 7) is 15.6. The van der Waals surface area contributed by atoms with Gasteiger partial charge in [0.25, 0.3) is 0 Å². The van der Waals surface area contributed by atoms with E-state index in [1.54, 1.807) is 0 Å². The van der Waals surface area contributed by atoms with Crippen molar-refractivity contribution in [2.24, 2.45) is 50.2 Å². The molecule has 6 aliphatic rings. The Bertz CT molecular complexity index is 1050. The topological polar surface area (TPSA) is 83.8 Å². The maximum absolute atomic E-state index is 14.3. The normalized spacial score (nSPS) is 58.4. The Kier molecular flexibility index (Phi) is 4.57. The molecule has 5 heteroatoms. The molecular formula is C30H44O5. The van der Waals surface area contributed by atoms with Crippen molar-refractivity contribution >= 4 is 11.8 Å². The van der Waals surface area contributed by atoms with Gasteiger partial charge in [0.1, 0.15) is 11.5 Å². The smallest absolute Gasteiger partial charge is 0.316 e. The summed E-state index contributed by atoms with van der Waals surface area (Å²) in [4.78, 5) is 26.8. The minimum atomic E-state index is -0.705. The molecule has 5 nitrogen and oxygen atoms in total. The monoisotopic (exact) mass is 484 g/mol. The van der Waals surface area contributed by atoms with Gasteiger partial charge in [0.05, 0.1) is 12.2 Å². The molecule has 1 aliphatic heterocycles. The number of esters is 1. The Labute approximate surface area is 210 Å². The number of rotatable bonds is 0. The first-order valence-electron chi connectivity index (χ1n) is 13.9. The number of allylic oxidation sites excluding steroid dienone is 2. The van der Waals surface area contributed by atoms with Gasteiger partial charge in [-0.3, -0.25) is 9.59 Å². The number of aliphatic hydroxyl groups is 2. The second-order valence-electron chi connectivity index (χ2n) is 15.1. The molecule has 11 atom stereocenters. The van der Waals surface area contributed by atoms with Crippen LogP contribution in [-0.2, 0) is 14.3 Å². The Morgan fingerprint density at radius 1 is 0.886 bits per heavy atom. The lowest BCUT2D eigenvalue weighted by Crippen LogP contribution is -2.72. The van der Waals surface area contributed by atoms with Crippen LogP contribution in [0.15, 0.2) is 11.6 Å². The van der Waals surface area contributed by atoms with Crippen LogP contribution in [0.4, 0.5) is 0 Å². The van der Waals surface area contributed by atoms with Crippen molar-refractivity contribution in [1.29, 1.82) is 0 Å². The molecule has 6 rings (SSSR count). The van der Waals surface area contributed by atoms with Crippen molar-refractivity contribution in [1.82, 2.24) is 0 Å². The largest absolute Gasteiger partial charge is 0.458 e. The van der Waals surface area contributed by atoms with Gasteiger partial charge in [0, 0.05) is 11.3 Å². The van der Waals surface area contributed by atoms with Crippen molar-refractivity contribution in [2.45, 2.75) is 112 Å². The summed E-state index contributed by atoms with van der Waals surface area (Å²) in [7, 11) is 0. The Morgan fingerprint density at radius 2 is 1.57 bits per heavy atom. The first kappa shape index (κ1) is 24.2. The lowest BCUT2D eigenvalue weighted by atomic mass is 9.33. The summed E-state index contributed by atoms with van der Waals surface area (Å²) in [5.41, 5.74) is -0.548. The van der Waals surface area contributed by atoms with E-state index in [2.05, 4.69) is 41.5 Å². The van der Waals surface area contributed by atoms with E-state index in [0.29, 0.717) is 12.3 Å². The molecule has 2 N–H and O–H groups in total. The van der Waals surface area contributed by atoms with Crippen LogP contribution in [0, 0.1) is 50.2 Å². The highest BCUT2D eigenvalue weighted by Gasteiger charge is 2.74. The number of carbonyl (C=O) groups is 2. The predicted molar refractivity (Wildman–Crippen MR) is 132 cm³/mol. The van der Waals surface area contributed by atoms with Gasteiger partial charge in [-0.1, -0.05) is 47.1 Å². The highest BCUT2D eigenvalue weighted by molar-refractivity contribution is 5.96. The fourth-order valence-corrected chi connectivity index (χ4v) is 10.9. The molecule has 4 saturated carbocycles. The summed E-state index contributed by atoms with van der Waals surface area (Å²) < 4.78 is 5.47. The Hall–Kier alpha value is -1.20. The lowest BCUT2D eigenvalue weighted by Gasteiger charge is -2.71. The molecule has 5 fully saturated rings. The molecule has 1 saturated heterocycles. The van der Waals surface area contributed by atoms with Crippen molar-refractivity contribution < 1.29 is 24.5 Å². The number of ketones is 1. The maximum Gasteiger partial charge on any atom is 0.316 e. The second kappa shape index (κ2) is 6.62. The summed E-state index contributed by atoms with van der Waals surface area (Å²) in [6, 6.07) is 0. The standard InChI is InChI=1S/C30H44O5/c1-25(2)19-8-11-30(7)21(27(19,4)10-9-20(25)32)18(31)14-16-17-15-28(5)23(35-24(28)34)22(33)26(17,3)12-13-29(16,30)6/h14,17,19-23,32-33H,8-13,15H2,1-7H3/t17-,19-,20-,21+,22+,23?,26+,27-,28-,29+,30+/m0/s1. The highest BCUT2D eigenvalue weighted by Crippen LogP contribution is 2.75. The SMILES string of the molecule is CC1(C)[C@@H](O)CC[C@]2(C)[C@H]3C(=O)C=C4[C@@H]5C[C@]6(C)C(=O)OC6[C@@H](O)[C@]5(C)CC[C@@]4(C)[C@]3(C)CC[C@@H]12. The molecule has 194 valence electrons. The Balaban J connectivity index is 1.47. The quantitative estimate of drug-likeness (QED) is 0.481. The third kappa shape index (κ3) is 2.49. The fourth-order valence-electron chi connectivity index (χ4n) is 10.9. The van der Waals surface area contributed by atoms with Crippen LogP contribution in [0.2, 0.25) is 0 Å². The van der Waals surface area contributed by atoms with Gasteiger partial charge in [-0.15, -0.1) is 0 Å². The summed E-state index contributed by atoms with van der Waals surface area (Å²) in [5, 5.41) is 22.3.